The number of rotatable bonds is 5. The van der Waals surface area contributed by atoms with E-state index in [2.05, 4.69) is 14.7 Å². The van der Waals surface area contributed by atoms with E-state index in [1.54, 1.807) is 17.8 Å². The molecular weight excluding hydrogens is 352 g/mol. The van der Waals surface area contributed by atoms with Crippen molar-refractivity contribution >= 4 is 20.9 Å². The fraction of sp³-hybridized carbons (Fsp3) is 0.333. The van der Waals surface area contributed by atoms with Crippen molar-refractivity contribution < 1.29 is 13.5 Å². The fourth-order valence-corrected chi connectivity index (χ4v) is 4.63. The molecule has 8 heteroatoms. The molecule has 136 valence electrons. The van der Waals surface area contributed by atoms with Gasteiger partial charge in [-0.05, 0) is 36.5 Å². The summed E-state index contributed by atoms with van der Waals surface area (Å²) < 4.78 is 29.9. The zero-order chi connectivity index (χ0) is 18.3. The molecule has 0 spiro atoms. The number of fused-ring (bicyclic) bond motifs is 1. The van der Waals surface area contributed by atoms with Crippen molar-refractivity contribution in [3.8, 4) is 0 Å². The van der Waals surface area contributed by atoms with Crippen LogP contribution in [0, 0.1) is 5.92 Å². The standard InChI is InChI=1S/C18H20N4O3S/c1-22-10-17(20-11-22)26(24,25)21-18(13-7-15(23)8-13)14-6-12-4-2-3-5-16(12)19-9-14/h2-6,9-11,13,15,18,21,23H,7-8H2,1H3/t13?,15?,18-/m0/s1. The van der Waals surface area contributed by atoms with E-state index in [0.717, 1.165) is 16.5 Å². The molecule has 1 aliphatic carbocycles. The number of aliphatic hydroxyl groups is 1. The van der Waals surface area contributed by atoms with Crippen LogP contribution in [0.3, 0.4) is 0 Å². The average molecular weight is 372 g/mol. The van der Waals surface area contributed by atoms with Crippen LogP contribution in [0.15, 0.2) is 54.1 Å². The summed E-state index contributed by atoms with van der Waals surface area (Å²) in [5.74, 6) is 0.0199. The number of para-hydroxylation sites is 1. The summed E-state index contributed by atoms with van der Waals surface area (Å²) in [4.78, 5) is 8.40. The number of sulfonamides is 1. The molecule has 4 rings (SSSR count). The Labute approximate surface area is 151 Å². The molecule has 26 heavy (non-hydrogen) atoms. The van der Waals surface area contributed by atoms with Crippen LogP contribution in [0.5, 0.6) is 0 Å². The lowest BCUT2D eigenvalue weighted by atomic mass is 9.75. The third-order valence-electron chi connectivity index (χ3n) is 4.83. The van der Waals surface area contributed by atoms with Gasteiger partial charge in [-0.2, -0.15) is 0 Å². The van der Waals surface area contributed by atoms with Crippen molar-refractivity contribution in [2.45, 2.75) is 30.0 Å². The highest BCUT2D eigenvalue weighted by Gasteiger charge is 2.37. The number of nitrogens with one attached hydrogen (secondary N) is 1. The Morgan fingerprint density at radius 1 is 1.27 bits per heavy atom. The number of nitrogens with zero attached hydrogens (tertiary/aromatic N) is 3. The summed E-state index contributed by atoms with van der Waals surface area (Å²) >= 11 is 0. The summed E-state index contributed by atoms with van der Waals surface area (Å²) in [7, 11) is -2.05. The largest absolute Gasteiger partial charge is 0.393 e. The first kappa shape index (κ1) is 17.1. The van der Waals surface area contributed by atoms with Crippen molar-refractivity contribution in [1.82, 2.24) is 19.3 Å². The lowest BCUT2D eigenvalue weighted by Gasteiger charge is -2.37. The van der Waals surface area contributed by atoms with Crippen LogP contribution in [0.2, 0.25) is 0 Å². The number of aliphatic hydroxyl groups excluding tert-OH is 1. The number of aryl methyl sites for hydroxylation is 1. The minimum atomic E-state index is -3.77. The minimum absolute atomic E-state index is 0.0152. The second-order valence-corrected chi connectivity index (χ2v) is 8.48. The summed E-state index contributed by atoms with van der Waals surface area (Å²) in [6.45, 7) is 0. The predicted octanol–water partition coefficient (Wildman–Crippen LogP) is 1.76. The molecule has 2 N–H and O–H groups in total. The van der Waals surface area contributed by atoms with Gasteiger partial charge in [-0.3, -0.25) is 4.98 Å². The van der Waals surface area contributed by atoms with Crippen LogP contribution in [0.25, 0.3) is 10.9 Å². The molecule has 1 aromatic carbocycles. The quantitative estimate of drug-likeness (QED) is 0.711. The molecule has 0 aliphatic heterocycles. The highest BCUT2D eigenvalue weighted by molar-refractivity contribution is 7.89. The Kier molecular flexibility index (Phi) is 4.26. The van der Waals surface area contributed by atoms with Crippen LogP contribution >= 0.6 is 0 Å². The third kappa shape index (κ3) is 3.23. The van der Waals surface area contributed by atoms with Gasteiger partial charge in [-0.25, -0.2) is 18.1 Å². The van der Waals surface area contributed by atoms with Gasteiger partial charge < -0.3 is 9.67 Å². The molecular formula is C18H20N4O3S. The van der Waals surface area contributed by atoms with Gasteiger partial charge in [-0.15, -0.1) is 0 Å². The Bertz CT molecular complexity index is 1040. The van der Waals surface area contributed by atoms with E-state index in [9.17, 15) is 13.5 Å². The van der Waals surface area contributed by atoms with Gasteiger partial charge in [-0.1, -0.05) is 18.2 Å². The van der Waals surface area contributed by atoms with Crippen LogP contribution in [-0.4, -0.2) is 34.2 Å². The molecule has 0 amide bonds. The third-order valence-corrected chi connectivity index (χ3v) is 6.16. The van der Waals surface area contributed by atoms with E-state index in [1.165, 1.54) is 12.5 Å². The highest BCUT2D eigenvalue weighted by Crippen LogP contribution is 2.39. The number of aromatic nitrogens is 3. The SMILES string of the molecule is Cn1cnc(S(=O)(=O)N[C@H](c2cnc3ccccc3c2)C2CC(O)C2)c1. The van der Waals surface area contributed by atoms with E-state index >= 15 is 0 Å². The number of hydrogen-bond donors (Lipinski definition) is 2. The van der Waals surface area contributed by atoms with E-state index in [4.69, 9.17) is 0 Å². The molecule has 0 radical (unpaired) electrons. The topological polar surface area (TPSA) is 97.1 Å². The lowest BCUT2D eigenvalue weighted by Crippen LogP contribution is -2.41. The lowest BCUT2D eigenvalue weighted by molar-refractivity contribution is 0.0280. The molecule has 1 fully saturated rings. The van der Waals surface area contributed by atoms with E-state index in [1.807, 2.05) is 30.3 Å². The molecule has 2 heterocycles. The van der Waals surface area contributed by atoms with Gasteiger partial charge >= 0.3 is 0 Å². The van der Waals surface area contributed by atoms with Gasteiger partial charge in [0.15, 0.2) is 5.03 Å². The predicted molar refractivity (Wildman–Crippen MR) is 96.7 cm³/mol. The van der Waals surface area contributed by atoms with Gasteiger partial charge in [0.05, 0.1) is 24.0 Å². The normalized spacial score (nSPS) is 21.5. The first-order valence-corrected chi connectivity index (χ1v) is 9.94. The molecule has 0 unspecified atom stereocenters. The molecule has 0 bridgehead atoms. The first-order chi connectivity index (χ1) is 12.4. The molecule has 1 aliphatic rings. The van der Waals surface area contributed by atoms with Crippen molar-refractivity contribution in [2.75, 3.05) is 0 Å². The smallest absolute Gasteiger partial charge is 0.260 e. The molecule has 2 aromatic heterocycles. The maximum absolute atomic E-state index is 12.7. The Morgan fingerprint density at radius 3 is 2.73 bits per heavy atom. The number of pyridine rings is 1. The fourth-order valence-electron chi connectivity index (χ4n) is 3.35. The number of benzene rings is 1. The van der Waals surface area contributed by atoms with Crippen molar-refractivity contribution in [2.24, 2.45) is 13.0 Å². The van der Waals surface area contributed by atoms with Crippen LogP contribution in [0.4, 0.5) is 0 Å². The molecule has 1 saturated carbocycles. The van der Waals surface area contributed by atoms with Crippen molar-refractivity contribution in [3.63, 3.8) is 0 Å². The number of imidazole rings is 1. The Morgan fingerprint density at radius 2 is 2.04 bits per heavy atom. The summed E-state index contributed by atoms with van der Waals surface area (Å²) in [6.07, 6.45) is 5.36. The van der Waals surface area contributed by atoms with E-state index < -0.39 is 16.1 Å². The molecule has 3 aromatic rings. The van der Waals surface area contributed by atoms with Crippen LogP contribution in [-0.2, 0) is 17.1 Å². The zero-order valence-electron chi connectivity index (χ0n) is 14.3. The Hall–Kier alpha value is -2.29. The summed E-state index contributed by atoms with van der Waals surface area (Å²) in [5.41, 5.74) is 1.65. The monoisotopic (exact) mass is 372 g/mol. The average Bonchev–Trinajstić information content (AvgIpc) is 3.04. The maximum Gasteiger partial charge on any atom is 0.260 e. The van der Waals surface area contributed by atoms with E-state index in [-0.39, 0.29) is 17.0 Å². The van der Waals surface area contributed by atoms with E-state index in [0.29, 0.717) is 12.8 Å². The summed E-state index contributed by atoms with van der Waals surface area (Å²) in [5, 5.41) is 10.6. The van der Waals surface area contributed by atoms with Crippen LogP contribution in [0.1, 0.15) is 24.4 Å². The maximum atomic E-state index is 12.7. The summed E-state index contributed by atoms with van der Waals surface area (Å²) in [6, 6.07) is 9.21. The zero-order valence-corrected chi connectivity index (χ0v) is 15.1. The molecule has 1 atom stereocenters. The van der Waals surface area contributed by atoms with Crippen LogP contribution < -0.4 is 4.72 Å². The minimum Gasteiger partial charge on any atom is -0.393 e. The second kappa shape index (κ2) is 6.46. The van der Waals surface area contributed by atoms with Crippen molar-refractivity contribution in [3.05, 3.63) is 54.6 Å². The number of hydrogen-bond acceptors (Lipinski definition) is 5. The van der Waals surface area contributed by atoms with Gasteiger partial charge in [0.25, 0.3) is 10.0 Å². The van der Waals surface area contributed by atoms with Gasteiger partial charge in [0.1, 0.15) is 0 Å². The molecule has 7 nitrogen and oxygen atoms in total. The molecule has 0 saturated heterocycles. The van der Waals surface area contributed by atoms with Gasteiger partial charge in [0, 0.05) is 24.8 Å². The van der Waals surface area contributed by atoms with Crippen molar-refractivity contribution in [1.29, 1.82) is 0 Å². The first-order valence-electron chi connectivity index (χ1n) is 8.45. The van der Waals surface area contributed by atoms with Gasteiger partial charge in [0.2, 0.25) is 0 Å². The second-order valence-electron chi connectivity index (χ2n) is 6.82. The Balaban J connectivity index is 1.70. The highest BCUT2D eigenvalue weighted by atomic mass is 32.2.